The summed E-state index contributed by atoms with van der Waals surface area (Å²) in [6, 6.07) is 1.40. The fourth-order valence-electron chi connectivity index (χ4n) is 3.04. The highest BCUT2D eigenvalue weighted by atomic mass is 16.4. The third-order valence-corrected chi connectivity index (χ3v) is 4.02. The lowest BCUT2D eigenvalue weighted by Crippen LogP contribution is -2.54. The van der Waals surface area contributed by atoms with Gasteiger partial charge in [-0.05, 0) is 24.7 Å². The van der Waals surface area contributed by atoms with E-state index in [4.69, 9.17) is 0 Å². The van der Waals surface area contributed by atoms with Crippen molar-refractivity contribution in [3.63, 3.8) is 0 Å². The van der Waals surface area contributed by atoms with Crippen LogP contribution in [-0.4, -0.2) is 33.6 Å². The number of hydrogen-bond acceptors (Lipinski definition) is 4. The van der Waals surface area contributed by atoms with E-state index in [1.165, 1.54) is 0 Å². The van der Waals surface area contributed by atoms with Crippen molar-refractivity contribution in [3.05, 3.63) is 18.1 Å². The van der Waals surface area contributed by atoms with Crippen molar-refractivity contribution < 1.29 is 9.90 Å². The number of carboxylic acids is 1. The van der Waals surface area contributed by atoms with Crippen LogP contribution < -0.4 is 4.90 Å². The zero-order chi connectivity index (χ0) is 14.8. The quantitative estimate of drug-likeness (QED) is 0.916. The van der Waals surface area contributed by atoms with Gasteiger partial charge in [-0.25, -0.2) is 14.8 Å². The van der Waals surface area contributed by atoms with E-state index in [0.717, 1.165) is 43.7 Å². The van der Waals surface area contributed by atoms with E-state index >= 15 is 0 Å². The van der Waals surface area contributed by atoms with Gasteiger partial charge >= 0.3 is 5.97 Å². The second kappa shape index (κ2) is 5.77. The molecule has 1 aromatic heterocycles. The van der Waals surface area contributed by atoms with Gasteiger partial charge in [-0.1, -0.05) is 27.2 Å². The standard InChI is InChI=1S/C15H23N3O2/c1-4-6-11-9-12(17-10-16-11)18-8-5-7-15(2,3)13(18)14(19)20/h9-10,13H,4-8H2,1-3H3,(H,19,20). The van der Waals surface area contributed by atoms with Gasteiger partial charge in [-0.2, -0.15) is 0 Å². The molecule has 0 bridgehead atoms. The normalized spacial score (nSPS) is 21.8. The van der Waals surface area contributed by atoms with E-state index in [-0.39, 0.29) is 5.41 Å². The molecule has 0 spiro atoms. The molecule has 0 amide bonds. The third-order valence-electron chi connectivity index (χ3n) is 4.02. The van der Waals surface area contributed by atoms with Gasteiger partial charge in [0.25, 0.3) is 0 Å². The average molecular weight is 277 g/mol. The van der Waals surface area contributed by atoms with E-state index < -0.39 is 12.0 Å². The Morgan fingerprint density at radius 3 is 2.90 bits per heavy atom. The fraction of sp³-hybridized carbons (Fsp3) is 0.667. The van der Waals surface area contributed by atoms with Crippen LogP contribution in [0.4, 0.5) is 5.82 Å². The number of nitrogens with zero attached hydrogens (tertiary/aromatic N) is 3. The van der Waals surface area contributed by atoms with Crippen molar-refractivity contribution in [2.45, 2.75) is 52.5 Å². The van der Waals surface area contributed by atoms with E-state index in [2.05, 4.69) is 16.9 Å². The SMILES string of the molecule is CCCc1cc(N2CCCC(C)(C)C2C(=O)O)ncn1. The van der Waals surface area contributed by atoms with Crippen LogP contribution in [0.1, 0.15) is 45.7 Å². The molecule has 1 unspecified atom stereocenters. The number of anilines is 1. The molecule has 5 heteroatoms. The number of aliphatic carboxylic acids is 1. The Balaban J connectivity index is 2.33. The Hall–Kier alpha value is -1.65. The molecular weight excluding hydrogens is 254 g/mol. The van der Waals surface area contributed by atoms with E-state index in [1.54, 1.807) is 6.33 Å². The maximum atomic E-state index is 11.7. The van der Waals surface area contributed by atoms with Crippen LogP contribution in [-0.2, 0) is 11.2 Å². The van der Waals surface area contributed by atoms with Gasteiger partial charge in [0.1, 0.15) is 18.2 Å². The van der Waals surface area contributed by atoms with Gasteiger partial charge in [0, 0.05) is 18.3 Å². The molecule has 2 heterocycles. The van der Waals surface area contributed by atoms with Crippen molar-refractivity contribution in [3.8, 4) is 0 Å². The lowest BCUT2D eigenvalue weighted by atomic mass is 9.76. The smallest absolute Gasteiger partial charge is 0.326 e. The Bertz CT molecular complexity index is 488. The summed E-state index contributed by atoms with van der Waals surface area (Å²) in [5.74, 6) is -0.0334. The molecule has 2 rings (SSSR count). The molecule has 1 aliphatic heterocycles. The fourth-order valence-corrected chi connectivity index (χ4v) is 3.04. The molecule has 0 radical (unpaired) electrons. The van der Waals surface area contributed by atoms with Gasteiger partial charge in [0.15, 0.2) is 0 Å². The summed E-state index contributed by atoms with van der Waals surface area (Å²) in [6.07, 6.45) is 5.37. The van der Waals surface area contributed by atoms with Gasteiger partial charge in [0.2, 0.25) is 0 Å². The van der Waals surface area contributed by atoms with Crippen molar-refractivity contribution >= 4 is 11.8 Å². The minimum absolute atomic E-state index is 0.250. The summed E-state index contributed by atoms with van der Waals surface area (Å²) in [5, 5.41) is 9.59. The van der Waals surface area contributed by atoms with Crippen molar-refractivity contribution in [2.24, 2.45) is 5.41 Å². The lowest BCUT2D eigenvalue weighted by Gasteiger charge is -2.44. The zero-order valence-electron chi connectivity index (χ0n) is 12.5. The highest BCUT2D eigenvalue weighted by molar-refractivity contribution is 5.79. The monoisotopic (exact) mass is 277 g/mol. The summed E-state index contributed by atoms with van der Waals surface area (Å²) in [6.45, 7) is 6.88. The number of rotatable bonds is 4. The highest BCUT2D eigenvalue weighted by Crippen LogP contribution is 2.37. The Morgan fingerprint density at radius 2 is 2.25 bits per heavy atom. The topological polar surface area (TPSA) is 66.3 Å². The molecule has 1 fully saturated rings. The van der Waals surface area contributed by atoms with Crippen molar-refractivity contribution in [1.82, 2.24) is 9.97 Å². The first kappa shape index (κ1) is 14.8. The molecule has 0 aromatic carbocycles. The largest absolute Gasteiger partial charge is 0.480 e. The summed E-state index contributed by atoms with van der Waals surface area (Å²) < 4.78 is 0. The summed E-state index contributed by atoms with van der Waals surface area (Å²) in [5.41, 5.74) is 0.727. The van der Waals surface area contributed by atoms with Gasteiger partial charge in [0.05, 0.1) is 0 Å². The number of piperidine rings is 1. The number of carbonyl (C=O) groups is 1. The van der Waals surface area contributed by atoms with Crippen LogP contribution in [0.15, 0.2) is 12.4 Å². The van der Waals surface area contributed by atoms with Crippen LogP contribution in [0, 0.1) is 5.41 Å². The maximum absolute atomic E-state index is 11.7. The van der Waals surface area contributed by atoms with Crippen LogP contribution in [0.2, 0.25) is 0 Å². The molecule has 1 N–H and O–H groups in total. The molecule has 110 valence electrons. The molecule has 1 atom stereocenters. The molecule has 5 nitrogen and oxygen atoms in total. The minimum Gasteiger partial charge on any atom is -0.480 e. The van der Waals surface area contributed by atoms with Gasteiger partial charge in [-0.3, -0.25) is 0 Å². The average Bonchev–Trinajstić information content (AvgIpc) is 2.37. The molecule has 1 aliphatic rings. The lowest BCUT2D eigenvalue weighted by molar-refractivity contribution is -0.142. The Morgan fingerprint density at radius 1 is 1.50 bits per heavy atom. The Kier molecular flexibility index (Phi) is 4.26. The molecule has 1 saturated heterocycles. The highest BCUT2D eigenvalue weighted by Gasteiger charge is 2.43. The predicted molar refractivity (Wildman–Crippen MR) is 77.8 cm³/mol. The van der Waals surface area contributed by atoms with E-state index in [9.17, 15) is 9.90 Å². The number of aryl methyl sites for hydroxylation is 1. The molecule has 1 aromatic rings. The van der Waals surface area contributed by atoms with Crippen LogP contribution in [0.25, 0.3) is 0 Å². The molecule has 0 saturated carbocycles. The second-order valence-electron chi connectivity index (χ2n) is 6.14. The summed E-state index contributed by atoms with van der Waals surface area (Å²) in [7, 11) is 0. The van der Waals surface area contributed by atoms with Crippen LogP contribution >= 0.6 is 0 Å². The predicted octanol–water partition coefficient (Wildman–Crippen LogP) is 2.51. The number of carboxylic acid groups (broad SMARTS) is 1. The molecular formula is C15H23N3O2. The maximum Gasteiger partial charge on any atom is 0.326 e. The third kappa shape index (κ3) is 2.92. The van der Waals surface area contributed by atoms with Gasteiger partial charge in [-0.15, -0.1) is 0 Å². The molecule has 0 aliphatic carbocycles. The van der Waals surface area contributed by atoms with Crippen molar-refractivity contribution in [2.75, 3.05) is 11.4 Å². The first-order valence-corrected chi connectivity index (χ1v) is 7.26. The van der Waals surface area contributed by atoms with Crippen LogP contribution in [0.3, 0.4) is 0 Å². The summed E-state index contributed by atoms with van der Waals surface area (Å²) >= 11 is 0. The molecule has 20 heavy (non-hydrogen) atoms. The minimum atomic E-state index is -0.773. The zero-order valence-corrected chi connectivity index (χ0v) is 12.5. The van der Waals surface area contributed by atoms with Crippen LogP contribution in [0.5, 0.6) is 0 Å². The van der Waals surface area contributed by atoms with Gasteiger partial charge < -0.3 is 10.0 Å². The van der Waals surface area contributed by atoms with Crippen molar-refractivity contribution in [1.29, 1.82) is 0 Å². The van der Waals surface area contributed by atoms with E-state index in [1.807, 2.05) is 24.8 Å². The second-order valence-corrected chi connectivity index (χ2v) is 6.14. The van der Waals surface area contributed by atoms with E-state index in [0.29, 0.717) is 0 Å². The number of hydrogen-bond donors (Lipinski definition) is 1. The first-order valence-electron chi connectivity index (χ1n) is 7.26. The summed E-state index contributed by atoms with van der Waals surface area (Å²) in [4.78, 5) is 22.1. The number of aromatic nitrogens is 2. The Labute approximate surface area is 120 Å². The first-order chi connectivity index (χ1) is 9.45.